The minimum atomic E-state index is -0.537. The van der Waals surface area contributed by atoms with E-state index in [2.05, 4.69) is 20.5 Å². The maximum absolute atomic E-state index is 12.4. The fourth-order valence-corrected chi connectivity index (χ4v) is 4.16. The predicted molar refractivity (Wildman–Crippen MR) is 109 cm³/mol. The first kappa shape index (κ1) is 20.6. The van der Waals surface area contributed by atoms with Crippen LogP contribution in [-0.4, -0.2) is 31.3 Å². The minimum Gasteiger partial charge on any atom is -0.324 e. The molecule has 1 saturated carbocycles. The van der Waals surface area contributed by atoms with Gasteiger partial charge in [0.25, 0.3) is 5.69 Å². The number of nitrogens with one attached hydrogen (secondary N) is 2. The number of aromatic nitrogens is 3. The molecule has 1 heterocycles. The number of aryl methyl sites for hydroxylation is 1. The first-order valence-electron chi connectivity index (χ1n) is 9.25. The lowest BCUT2D eigenvalue weighted by Crippen LogP contribution is -2.22. The van der Waals surface area contributed by atoms with E-state index in [4.69, 9.17) is 11.6 Å². The van der Waals surface area contributed by atoms with Gasteiger partial charge in [-0.3, -0.25) is 20.0 Å². The second-order valence-electron chi connectivity index (χ2n) is 6.92. The van der Waals surface area contributed by atoms with Gasteiger partial charge in [0, 0.05) is 18.6 Å². The van der Waals surface area contributed by atoms with Crippen molar-refractivity contribution in [2.24, 2.45) is 5.92 Å². The van der Waals surface area contributed by atoms with Crippen LogP contribution in [0.25, 0.3) is 0 Å². The molecule has 2 aromatic rings. The molecule has 2 N–H and O–H groups in total. The van der Waals surface area contributed by atoms with Crippen LogP contribution in [0.4, 0.5) is 11.4 Å². The Labute approximate surface area is 172 Å². The summed E-state index contributed by atoms with van der Waals surface area (Å²) < 4.78 is 0. The molecule has 1 fully saturated rings. The lowest BCUT2D eigenvalue weighted by molar-refractivity contribution is -0.384. The lowest BCUT2D eigenvalue weighted by Gasteiger charge is -2.11. The average Bonchev–Trinajstić information content (AvgIpc) is 3.33. The quantitative estimate of drug-likeness (QED) is 0.364. The van der Waals surface area contributed by atoms with Crippen LogP contribution in [0, 0.1) is 16.0 Å². The number of carbonyl (C=O) groups is 1. The van der Waals surface area contributed by atoms with Gasteiger partial charge in [-0.1, -0.05) is 49.0 Å². The maximum Gasteiger partial charge on any atom is 0.271 e. The summed E-state index contributed by atoms with van der Waals surface area (Å²) in [6.07, 6.45) is 7.22. The molecule has 1 aromatic carbocycles. The van der Waals surface area contributed by atoms with Crippen LogP contribution in [0.3, 0.4) is 0 Å². The van der Waals surface area contributed by atoms with Crippen LogP contribution >= 0.6 is 23.4 Å². The largest absolute Gasteiger partial charge is 0.324 e. The SMILES string of the molecule is CC(Sc1n[nH]c(CCC2CCCC2)n1)C(=O)Nc1cc([N+](=O)[O-])ccc1Cl. The van der Waals surface area contributed by atoms with E-state index in [9.17, 15) is 14.9 Å². The van der Waals surface area contributed by atoms with Gasteiger partial charge in [-0.25, -0.2) is 4.98 Å². The second kappa shape index (κ2) is 9.38. The molecule has 1 aliphatic rings. The number of aromatic amines is 1. The third-order valence-electron chi connectivity index (χ3n) is 4.85. The van der Waals surface area contributed by atoms with E-state index in [0.717, 1.165) is 24.6 Å². The zero-order valence-electron chi connectivity index (χ0n) is 15.5. The second-order valence-corrected chi connectivity index (χ2v) is 8.64. The normalized spacial score (nSPS) is 15.5. The third-order valence-corrected chi connectivity index (χ3v) is 6.14. The summed E-state index contributed by atoms with van der Waals surface area (Å²) in [5.74, 6) is 1.29. The van der Waals surface area contributed by atoms with Gasteiger partial charge in [0.2, 0.25) is 11.1 Å². The molecule has 1 aromatic heterocycles. The van der Waals surface area contributed by atoms with Gasteiger partial charge < -0.3 is 5.32 Å². The topological polar surface area (TPSA) is 114 Å². The average molecular weight is 424 g/mol. The summed E-state index contributed by atoms with van der Waals surface area (Å²) in [4.78, 5) is 27.2. The summed E-state index contributed by atoms with van der Waals surface area (Å²) >= 11 is 7.25. The smallest absolute Gasteiger partial charge is 0.271 e. The molecule has 0 spiro atoms. The number of anilines is 1. The summed E-state index contributed by atoms with van der Waals surface area (Å²) in [5, 5.41) is 20.9. The number of nitrogens with zero attached hydrogens (tertiary/aromatic N) is 3. The van der Waals surface area contributed by atoms with E-state index < -0.39 is 10.2 Å². The molecule has 1 amide bonds. The van der Waals surface area contributed by atoms with Gasteiger partial charge in [0.15, 0.2) is 0 Å². The van der Waals surface area contributed by atoms with Gasteiger partial charge in [0.05, 0.1) is 20.9 Å². The van der Waals surface area contributed by atoms with E-state index >= 15 is 0 Å². The molecule has 0 bridgehead atoms. The zero-order chi connectivity index (χ0) is 20.1. The number of thioether (sulfide) groups is 1. The molecular weight excluding hydrogens is 402 g/mol. The van der Waals surface area contributed by atoms with Crippen LogP contribution < -0.4 is 5.32 Å². The Balaban J connectivity index is 1.54. The van der Waals surface area contributed by atoms with Crippen molar-refractivity contribution in [2.75, 3.05) is 5.32 Å². The van der Waals surface area contributed by atoms with Crippen molar-refractivity contribution in [2.45, 2.75) is 55.9 Å². The number of amides is 1. The van der Waals surface area contributed by atoms with Crippen LogP contribution in [0.5, 0.6) is 0 Å². The van der Waals surface area contributed by atoms with E-state index in [1.807, 2.05) is 0 Å². The first-order chi connectivity index (χ1) is 13.4. The van der Waals surface area contributed by atoms with Gasteiger partial charge in [-0.2, -0.15) is 0 Å². The van der Waals surface area contributed by atoms with Gasteiger partial charge in [0.1, 0.15) is 5.82 Å². The van der Waals surface area contributed by atoms with E-state index in [-0.39, 0.29) is 22.3 Å². The summed E-state index contributed by atoms with van der Waals surface area (Å²) in [6, 6.07) is 3.92. The predicted octanol–water partition coefficient (Wildman–Crippen LogP) is 4.61. The lowest BCUT2D eigenvalue weighted by atomic mass is 10.0. The number of hydrogen-bond donors (Lipinski definition) is 2. The van der Waals surface area contributed by atoms with E-state index in [0.29, 0.717) is 5.16 Å². The number of nitro groups is 1. The molecule has 0 aliphatic heterocycles. The Morgan fingerprint density at radius 2 is 2.21 bits per heavy atom. The Hall–Kier alpha value is -2.13. The van der Waals surface area contributed by atoms with Crippen molar-refractivity contribution in [3.05, 3.63) is 39.2 Å². The summed E-state index contributed by atoms with van der Waals surface area (Å²) in [7, 11) is 0. The number of H-pyrrole nitrogens is 1. The highest BCUT2D eigenvalue weighted by Gasteiger charge is 2.20. The number of hydrogen-bond acceptors (Lipinski definition) is 6. The molecule has 1 unspecified atom stereocenters. The molecule has 1 aliphatic carbocycles. The fraction of sp³-hybridized carbons (Fsp3) is 0.500. The Morgan fingerprint density at radius 1 is 1.46 bits per heavy atom. The number of rotatable bonds is 8. The zero-order valence-corrected chi connectivity index (χ0v) is 17.1. The van der Waals surface area contributed by atoms with Crippen LogP contribution in [-0.2, 0) is 11.2 Å². The van der Waals surface area contributed by atoms with Crippen LogP contribution in [0.15, 0.2) is 23.4 Å². The van der Waals surface area contributed by atoms with E-state index in [1.165, 1.54) is 55.6 Å². The Morgan fingerprint density at radius 3 is 2.93 bits per heavy atom. The third kappa shape index (κ3) is 5.45. The van der Waals surface area contributed by atoms with Gasteiger partial charge in [-0.05, 0) is 25.3 Å². The van der Waals surface area contributed by atoms with Gasteiger partial charge in [-0.15, -0.1) is 5.10 Å². The monoisotopic (exact) mass is 423 g/mol. The molecule has 8 nitrogen and oxygen atoms in total. The van der Waals surface area contributed by atoms with Crippen molar-refractivity contribution in [3.63, 3.8) is 0 Å². The van der Waals surface area contributed by atoms with Crippen molar-refractivity contribution in [3.8, 4) is 0 Å². The maximum atomic E-state index is 12.4. The molecule has 0 saturated heterocycles. The summed E-state index contributed by atoms with van der Waals surface area (Å²) in [6.45, 7) is 1.72. The highest BCUT2D eigenvalue weighted by atomic mass is 35.5. The van der Waals surface area contributed by atoms with Crippen molar-refractivity contribution in [1.29, 1.82) is 0 Å². The standard InChI is InChI=1S/C18H22ClN5O3S/c1-11(17(25)20-15-10-13(24(26)27)7-8-14(15)19)28-18-21-16(22-23-18)9-6-12-4-2-3-5-12/h7-8,10-12H,2-6,9H2,1H3,(H,20,25)(H,21,22,23). The molecule has 1 atom stereocenters. The van der Waals surface area contributed by atoms with Crippen molar-refractivity contribution in [1.82, 2.24) is 15.2 Å². The minimum absolute atomic E-state index is 0.138. The van der Waals surface area contributed by atoms with E-state index in [1.54, 1.807) is 6.92 Å². The fourth-order valence-electron chi connectivity index (χ4n) is 3.25. The Bertz CT molecular complexity index is 853. The molecule has 28 heavy (non-hydrogen) atoms. The van der Waals surface area contributed by atoms with Gasteiger partial charge >= 0.3 is 0 Å². The Kier molecular flexibility index (Phi) is 6.90. The molecule has 150 valence electrons. The molecule has 0 radical (unpaired) electrons. The number of benzene rings is 1. The molecular formula is C18H22ClN5O3S. The van der Waals surface area contributed by atoms with Crippen LogP contribution in [0.1, 0.15) is 44.9 Å². The molecule has 3 rings (SSSR count). The van der Waals surface area contributed by atoms with Crippen molar-refractivity contribution >= 4 is 40.6 Å². The number of carbonyl (C=O) groups excluding carboxylic acids is 1. The molecule has 10 heteroatoms. The van der Waals surface area contributed by atoms with Crippen molar-refractivity contribution < 1.29 is 9.72 Å². The number of halogens is 1. The number of non-ortho nitro benzene ring substituents is 1. The first-order valence-corrected chi connectivity index (χ1v) is 10.5. The van der Waals surface area contributed by atoms with Crippen LogP contribution in [0.2, 0.25) is 5.02 Å². The highest BCUT2D eigenvalue weighted by molar-refractivity contribution is 8.00. The number of nitro benzene ring substituents is 1. The highest BCUT2D eigenvalue weighted by Crippen LogP contribution is 2.30. The summed E-state index contributed by atoms with van der Waals surface area (Å²) in [5.41, 5.74) is 0.0708.